The molecule has 1 fully saturated rings. The first-order valence-electron chi connectivity index (χ1n) is 7.28. The quantitative estimate of drug-likeness (QED) is 0.856. The molecule has 1 saturated heterocycles. The summed E-state index contributed by atoms with van der Waals surface area (Å²) in [5.74, 6) is 0. The van der Waals surface area contributed by atoms with E-state index in [0.717, 1.165) is 11.3 Å². The van der Waals surface area contributed by atoms with Crippen molar-refractivity contribution in [2.75, 3.05) is 26.3 Å². The van der Waals surface area contributed by atoms with Crippen LogP contribution >= 0.6 is 0 Å². The normalized spacial score (nSPS) is 16.2. The van der Waals surface area contributed by atoms with E-state index in [1.807, 2.05) is 13.1 Å². The van der Waals surface area contributed by atoms with Gasteiger partial charge in [0.2, 0.25) is 10.0 Å². The van der Waals surface area contributed by atoms with Gasteiger partial charge in [-0.15, -0.1) is 0 Å². The lowest BCUT2D eigenvalue weighted by atomic mass is 10.1. The van der Waals surface area contributed by atoms with E-state index in [0.29, 0.717) is 32.0 Å². The number of rotatable bonds is 3. The number of ether oxygens (including phenoxy) is 1. The van der Waals surface area contributed by atoms with E-state index in [-0.39, 0.29) is 4.90 Å². The molecule has 2 aromatic rings. The lowest BCUT2D eigenvalue weighted by Crippen LogP contribution is -2.40. The average Bonchev–Trinajstić information content (AvgIpc) is 2.96. The number of sulfonamides is 1. The van der Waals surface area contributed by atoms with E-state index in [1.165, 1.54) is 4.31 Å². The molecule has 0 radical (unpaired) electrons. The topological polar surface area (TPSA) is 75.3 Å². The molecule has 1 aliphatic rings. The van der Waals surface area contributed by atoms with Crippen LogP contribution in [0.25, 0.3) is 11.3 Å². The summed E-state index contributed by atoms with van der Waals surface area (Å²) < 4.78 is 33.6. The van der Waals surface area contributed by atoms with Gasteiger partial charge in [0.15, 0.2) is 0 Å². The van der Waals surface area contributed by atoms with E-state index in [4.69, 9.17) is 10.00 Å². The number of benzene rings is 1. The zero-order chi connectivity index (χ0) is 16.4. The first-order chi connectivity index (χ1) is 11.0. The first-order valence-corrected chi connectivity index (χ1v) is 8.72. The molecular formula is C16H17N3O3S. The number of hydrogen-bond acceptors (Lipinski definition) is 4. The molecule has 1 aromatic heterocycles. The van der Waals surface area contributed by atoms with Gasteiger partial charge < -0.3 is 9.30 Å². The Labute approximate surface area is 135 Å². The summed E-state index contributed by atoms with van der Waals surface area (Å²) in [6.45, 7) is 1.62. The Hall–Kier alpha value is -2.14. The molecule has 0 bridgehead atoms. The molecule has 23 heavy (non-hydrogen) atoms. The second kappa shape index (κ2) is 6.16. The lowest BCUT2D eigenvalue weighted by Gasteiger charge is -2.26. The van der Waals surface area contributed by atoms with Gasteiger partial charge in [0.1, 0.15) is 11.8 Å². The zero-order valence-corrected chi connectivity index (χ0v) is 13.6. The standard InChI is InChI=1S/C16H17N3O3S/c1-18-14(12-17)4-7-16(18)13-2-5-15(6-3-13)23(20,21)19-8-10-22-11-9-19/h2-7H,8-11H2,1H3. The van der Waals surface area contributed by atoms with Crippen LogP contribution in [0.5, 0.6) is 0 Å². The summed E-state index contributed by atoms with van der Waals surface area (Å²) in [6, 6.07) is 12.5. The highest BCUT2D eigenvalue weighted by atomic mass is 32.2. The van der Waals surface area contributed by atoms with Crippen molar-refractivity contribution in [3.05, 3.63) is 42.1 Å². The van der Waals surface area contributed by atoms with Crippen LogP contribution in [0.2, 0.25) is 0 Å². The van der Waals surface area contributed by atoms with E-state index in [9.17, 15) is 8.42 Å². The minimum atomic E-state index is -3.48. The summed E-state index contributed by atoms with van der Waals surface area (Å²) in [6.07, 6.45) is 0. The largest absolute Gasteiger partial charge is 0.379 e. The second-order valence-corrected chi connectivity index (χ2v) is 7.25. The van der Waals surface area contributed by atoms with Crippen LogP contribution in [0.4, 0.5) is 0 Å². The number of nitriles is 1. The fourth-order valence-corrected chi connectivity index (χ4v) is 4.06. The molecule has 0 amide bonds. The molecule has 1 aliphatic heterocycles. The third kappa shape index (κ3) is 2.88. The van der Waals surface area contributed by atoms with Crippen molar-refractivity contribution < 1.29 is 13.2 Å². The van der Waals surface area contributed by atoms with Gasteiger partial charge in [0.05, 0.1) is 18.1 Å². The third-order valence-corrected chi connectivity index (χ3v) is 5.91. The maximum Gasteiger partial charge on any atom is 0.243 e. The molecule has 120 valence electrons. The summed E-state index contributed by atoms with van der Waals surface area (Å²) in [5.41, 5.74) is 2.30. The molecule has 3 rings (SSSR count). The summed E-state index contributed by atoms with van der Waals surface area (Å²) in [4.78, 5) is 0.276. The van der Waals surface area contributed by atoms with Crippen molar-refractivity contribution >= 4 is 10.0 Å². The van der Waals surface area contributed by atoms with E-state index < -0.39 is 10.0 Å². The third-order valence-electron chi connectivity index (χ3n) is 3.99. The molecule has 0 atom stereocenters. The summed E-state index contributed by atoms with van der Waals surface area (Å²) in [5, 5.41) is 9.01. The fourth-order valence-electron chi connectivity index (χ4n) is 2.65. The van der Waals surface area contributed by atoms with Crippen LogP contribution in [-0.2, 0) is 21.8 Å². The predicted octanol–water partition coefficient (Wildman–Crippen LogP) is 1.58. The highest BCUT2D eigenvalue weighted by Crippen LogP contribution is 2.24. The van der Waals surface area contributed by atoms with Crippen molar-refractivity contribution in [3.8, 4) is 17.3 Å². The van der Waals surface area contributed by atoms with Gasteiger partial charge in [-0.05, 0) is 29.8 Å². The van der Waals surface area contributed by atoms with Crippen molar-refractivity contribution in [3.63, 3.8) is 0 Å². The van der Waals surface area contributed by atoms with E-state index in [1.54, 1.807) is 34.9 Å². The highest BCUT2D eigenvalue weighted by Gasteiger charge is 2.26. The van der Waals surface area contributed by atoms with Crippen LogP contribution in [0.15, 0.2) is 41.3 Å². The molecular weight excluding hydrogens is 314 g/mol. The predicted molar refractivity (Wildman–Crippen MR) is 85.1 cm³/mol. The molecule has 1 aromatic carbocycles. The van der Waals surface area contributed by atoms with Crippen molar-refractivity contribution in [1.82, 2.24) is 8.87 Å². The van der Waals surface area contributed by atoms with Gasteiger partial charge in [-0.3, -0.25) is 0 Å². The minimum Gasteiger partial charge on any atom is -0.379 e. The van der Waals surface area contributed by atoms with Gasteiger partial charge in [-0.2, -0.15) is 9.57 Å². The van der Waals surface area contributed by atoms with Crippen LogP contribution in [-0.4, -0.2) is 43.6 Å². The molecule has 6 nitrogen and oxygen atoms in total. The Morgan fingerprint density at radius 3 is 2.30 bits per heavy atom. The molecule has 0 spiro atoms. The second-order valence-electron chi connectivity index (χ2n) is 5.32. The zero-order valence-electron chi connectivity index (χ0n) is 12.8. The van der Waals surface area contributed by atoms with Crippen molar-refractivity contribution in [2.45, 2.75) is 4.90 Å². The Balaban J connectivity index is 1.90. The Morgan fingerprint density at radius 1 is 1.09 bits per heavy atom. The molecule has 0 N–H and O–H groups in total. The van der Waals surface area contributed by atoms with Gasteiger partial charge in [0, 0.05) is 25.8 Å². The molecule has 0 saturated carbocycles. The first kappa shape index (κ1) is 15.7. The number of nitrogens with zero attached hydrogens (tertiary/aromatic N) is 3. The monoisotopic (exact) mass is 331 g/mol. The minimum absolute atomic E-state index is 0.276. The van der Waals surface area contributed by atoms with Gasteiger partial charge in [0.25, 0.3) is 0 Å². The molecule has 0 aliphatic carbocycles. The molecule has 7 heteroatoms. The number of aromatic nitrogens is 1. The van der Waals surface area contributed by atoms with Gasteiger partial charge >= 0.3 is 0 Å². The highest BCUT2D eigenvalue weighted by molar-refractivity contribution is 7.89. The summed E-state index contributed by atoms with van der Waals surface area (Å²) in [7, 11) is -1.66. The Kier molecular flexibility index (Phi) is 4.22. The van der Waals surface area contributed by atoms with Crippen molar-refractivity contribution in [2.24, 2.45) is 7.05 Å². The van der Waals surface area contributed by atoms with Gasteiger partial charge in [-0.1, -0.05) is 12.1 Å². The average molecular weight is 331 g/mol. The van der Waals surface area contributed by atoms with Crippen LogP contribution in [0.3, 0.4) is 0 Å². The van der Waals surface area contributed by atoms with Crippen LogP contribution in [0.1, 0.15) is 5.69 Å². The van der Waals surface area contributed by atoms with E-state index in [2.05, 4.69) is 6.07 Å². The number of morpholine rings is 1. The molecule has 0 unspecified atom stereocenters. The number of hydrogen-bond donors (Lipinski definition) is 0. The van der Waals surface area contributed by atoms with Crippen LogP contribution in [0, 0.1) is 11.3 Å². The van der Waals surface area contributed by atoms with E-state index >= 15 is 0 Å². The maximum absolute atomic E-state index is 12.6. The smallest absolute Gasteiger partial charge is 0.243 e. The summed E-state index contributed by atoms with van der Waals surface area (Å²) >= 11 is 0. The Morgan fingerprint density at radius 2 is 1.74 bits per heavy atom. The van der Waals surface area contributed by atoms with Crippen LogP contribution < -0.4 is 0 Å². The lowest BCUT2D eigenvalue weighted by molar-refractivity contribution is 0.0730. The SMILES string of the molecule is Cn1c(C#N)ccc1-c1ccc(S(=O)(=O)N2CCOCC2)cc1. The Bertz CT molecular complexity index is 842. The van der Waals surface area contributed by atoms with Gasteiger partial charge in [-0.25, -0.2) is 8.42 Å². The molecule has 2 heterocycles. The van der Waals surface area contributed by atoms with Crippen molar-refractivity contribution in [1.29, 1.82) is 5.26 Å². The maximum atomic E-state index is 12.6. The fraction of sp³-hybridized carbons (Fsp3) is 0.312.